The zero-order valence-corrected chi connectivity index (χ0v) is 15.3. The quantitative estimate of drug-likeness (QED) is 0.514. The van der Waals surface area contributed by atoms with Crippen LogP contribution in [0.5, 0.6) is 0 Å². The molecule has 0 atom stereocenters. The number of anilines is 1. The Morgan fingerprint density at radius 1 is 0.821 bits per heavy atom. The van der Waals surface area contributed by atoms with Crippen LogP contribution in [0.4, 0.5) is 5.69 Å². The van der Waals surface area contributed by atoms with E-state index in [1.165, 1.54) is 0 Å². The van der Waals surface area contributed by atoms with Crippen LogP contribution in [-0.4, -0.2) is 15.5 Å². The highest BCUT2D eigenvalue weighted by Crippen LogP contribution is 2.29. The molecule has 0 aliphatic carbocycles. The molecule has 0 saturated carbocycles. The number of fused-ring (bicyclic) bond motifs is 2. The van der Waals surface area contributed by atoms with Crippen LogP contribution in [0.3, 0.4) is 0 Å². The van der Waals surface area contributed by atoms with Gasteiger partial charge in [0.1, 0.15) is 0 Å². The third kappa shape index (κ3) is 2.89. The first-order valence-corrected chi connectivity index (χ1v) is 9.35. The molecule has 1 aliphatic rings. The second-order valence-corrected chi connectivity index (χ2v) is 6.94. The number of carbonyl (C=O) groups excluding carboxylic acids is 1. The first-order chi connectivity index (χ1) is 13.8. The van der Waals surface area contributed by atoms with Crippen molar-refractivity contribution in [3.8, 4) is 11.3 Å². The molecule has 2 aromatic carbocycles. The van der Waals surface area contributed by atoms with E-state index in [9.17, 15) is 4.79 Å². The lowest BCUT2D eigenvalue weighted by atomic mass is 10.1. The minimum atomic E-state index is 0.00895. The fraction of sp³-hybridized carbons (Fsp3) is 0.0833. The van der Waals surface area contributed by atoms with Crippen molar-refractivity contribution in [1.82, 2.24) is 9.55 Å². The van der Waals surface area contributed by atoms with Crippen LogP contribution in [0.1, 0.15) is 21.6 Å². The fourth-order valence-electron chi connectivity index (χ4n) is 3.74. The number of benzene rings is 2. The second-order valence-electron chi connectivity index (χ2n) is 6.94. The van der Waals surface area contributed by atoms with Gasteiger partial charge in [0.2, 0.25) is 0 Å². The van der Waals surface area contributed by atoms with Gasteiger partial charge in [-0.2, -0.15) is 0 Å². The second kappa shape index (κ2) is 6.82. The number of rotatable bonds is 2. The maximum Gasteiger partial charge on any atom is 0.258 e. The van der Waals surface area contributed by atoms with E-state index in [2.05, 4.69) is 27.9 Å². The van der Waals surface area contributed by atoms with Crippen molar-refractivity contribution >= 4 is 11.6 Å². The zero-order valence-electron chi connectivity index (χ0n) is 15.3. The summed E-state index contributed by atoms with van der Waals surface area (Å²) in [5, 5.41) is 0. The molecule has 0 N–H and O–H groups in total. The van der Waals surface area contributed by atoms with Crippen LogP contribution in [0.15, 0.2) is 91.3 Å². The highest BCUT2D eigenvalue weighted by atomic mass is 16.2. The summed E-state index contributed by atoms with van der Waals surface area (Å²) in [6, 6.07) is 25.8. The lowest BCUT2D eigenvalue weighted by Crippen LogP contribution is -2.30. The van der Waals surface area contributed by atoms with Crippen LogP contribution >= 0.6 is 0 Å². The van der Waals surface area contributed by atoms with Crippen molar-refractivity contribution in [2.24, 2.45) is 0 Å². The Morgan fingerprint density at radius 2 is 1.64 bits per heavy atom. The van der Waals surface area contributed by atoms with Crippen molar-refractivity contribution in [3.63, 3.8) is 0 Å². The molecule has 28 heavy (non-hydrogen) atoms. The van der Waals surface area contributed by atoms with Gasteiger partial charge in [0.25, 0.3) is 5.91 Å². The molecule has 2 aromatic heterocycles. The lowest BCUT2D eigenvalue weighted by Gasteiger charge is -2.23. The largest absolute Gasteiger partial charge is 0.345 e. The van der Waals surface area contributed by atoms with Gasteiger partial charge in [0.05, 0.1) is 12.2 Å². The molecule has 1 amide bonds. The molecule has 0 radical (unpaired) electrons. The molecule has 4 nitrogen and oxygen atoms in total. The van der Waals surface area contributed by atoms with Gasteiger partial charge < -0.3 is 9.47 Å². The van der Waals surface area contributed by atoms with Crippen molar-refractivity contribution in [2.45, 2.75) is 13.1 Å². The molecule has 3 heterocycles. The standard InChI is InChI=1S/C24H19N3O/c28-24(19-12-10-18(11-13-19)22-8-3-4-14-25-22)27-17-21-7-5-15-26(21)16-20-6-1-2-9-23(20)27/h1-15H,16-17H2. The summed E-state index contributed by atoms with van der Waals surface area (Å²) < 4.78 is 2.20. The van der Waals surface area contributed by atoms with E-state index in [1.54, 1.807) is 6.20 Å². The molecule has 0 fully saturated rings. The Morgan fingerprint density at radius 3 is 2.46 bits per heavy atom. The lowest BCUT2D eigenvalue weighted by molar-refractivity contribution is 0.0985. The minimum absolute atomic E-state index is 0.00895. The average Bonchev–Trinajstić information content (AvgIpc) is 3.13. The van der Waals surface area contributed by atoms with Crippen molar-refractivity contribution in [1.29, 1.82) is 0 Å². The normalized spacial score (nSPS) is 12.8. The highest BCUT2D eigenvalue weighted by Gasteiger charge is 2.24. The molecular formula is C24H19N3O. The van der Waals surface area contributed by atoms with Crippen molar-refractivity contribution in [3.05, 3.63) is 108 Å². The summed E-state index contributed by atoms with van der Waals surface area (Å²) in [5.74, 6) is 0.00895. The Labute approximate surface area is 163 Å². The monoisotopic (exact) mass is 365 g/mol. The summed E-state index contributed by atoms with van der Waals surface area (Å²) in [5.41, 5.74) is 5.84. The van der Waals surface area contributed by atoms with Gasteiger partial charge in [0, 0.05) is 41.4 Å². The Bertz CT molecular complexity index is 1130. The van der Waals surface area contributed by atoms with Crippen molar-refractivity contribution < 1.29 is 4.79 Å². The summed E-state index contributed by atoms with van der Waals surface area (Å²) in [4.78, 5) is 19.7. The number of hydrogen-bond donors (Lipinski definition) is 0. The Hall–Kier alpha value is -3.66. The van der Waals surface area contributed by atoms with Crippen LogP contribution in [0.2, 0.25) is 0 Å². The highest BCUT2D eigenvalue weighted by molar-refractivity contribution is 6.06. The summed E-state index contributed by atoms with van der Waals surface area (Å²) in [7, 11) is 0. The van der Waals surface area contributed by atoms with Crippen LogP contribution in [0, 0.1) is 0 Å². The predicted octanol–water partition coefficient (Wildman–Crippen LogP) is 4.76. The third-order valence-corrected chi connectivity index (χ3v) is 5.20. The van der Waals surface area contributed by atoms with Crippen LogP contribution < -0.4 is 4.90 Å². The molecule has 1 aliphatic heterocycles. The maximum atomic E-state index is 13.4. The minimum Gasteiger partial charge on any atom is -0.345 e. The summed E-state index contributed by atoms with van der Waals surface area (Å²) >= 11 is 0. The Balaban J connectivity index is 1.51. The van der Waals surface area contributed by atoms with Gasteiger partial charge in [0.15, 0.2) is 0 Å². The van der Waals surface area contributed by atoms with Gasteiger partial charge in [-0.3, -0.25) is 9.78 Å². The topological polar surface area (TPSA) is 38.1 Å². The number of amides is 1. The van der Waals surface area contributed by atoms with Crippen LogP contribution in [-0.2, 0) is 13.1 Å². The smallest absolute Gasteiger partial charge is 0.258 e. The van der Waals surface area contributed by atoms with Gasteiger partial charge in [-0.1, -0.05) is 36.4 Å². The molecule has 0 unspecified atom stereocenters. The molecule has 4 heteroatoms. The van der Waals surface area contributed by atoms with Gasteiger partial charge in [-0.15, -0.1) is 0 Å². The zero-order chi connectivity index (χ0) is 18.9. The average molecular weight is 365 g/mol. The predicted molar refractivity (Wildman–Crippen MR) is 110 cm³/mol. The Kier molecular flexibility index (Phi) is 4.02. The number of pyridine rings is 1. The molecule has 0 spiro atoms. The molecule has 0 saturated heterocycles. The van der Waals surface area contributed by atoms with Gasteiger partial charge in [-0.25, -0.2) is 0 Å². The van der Waals surface area contributed by atoms with Crippen molar-refractivity contribution in [2.75, 3.05) is 4.90 Å². The number of para-hydroxylation sites is 1. The molecule has 4 aromatic rings. The molecule has 0 bridgehead atoms. The van der Waals surface area contributed by atoms with E-state index >= 15 is 0 Å². The SMILES string of the molecule is O=C(c1ccc(-c2ccccn2)cc1)N1Cc2cccn2Cc2ccccc21. The molecule has 136 valence electrons. The van der Waals surface area contributed by atoms with Gasteiger partial charge >= 0.3 is 0 Å². The number of aromatic nitrogens is 2. The van der Waals surface area contributed by atoms with E-state index in [-0.39, 0.29) is 5.91 Å². The fourth-order valence-corrected chi connectivity index (χ4v) is 3.74. The first-order valence-electron chi connectivity index (χ1n) is 9.35. The van der Waals surface area contributed by atoms with E-state index in [0.29, 0.717) is 12.1 Å². The number of carbonyl (C=O) groups is 1. The summed E-state index contributed by atoms with van der Waals surface area (Å²) in [6.45, 7) is 1.34. The number of nitrogens with zero attached hydrogens (tertiary/aromatic N) is 3. The molecular weight excluding hydrogens is 346 g/mol. The molecule has 5 rings (SSSR count). The maximum absolute atomic E-state index is 13.4. The van der Waals surface area contributed by atoms with E-state index < -0.39 is 0 Å². The van der Waals surface area contributed by atoms with E-state index in [1.807, 2.05) is 71.6 Å². The van der Waals surface area contributed by atoms with E-state index in [0.717, 1.165) is 34.7 Å². The van der Waals surface area contributed by atoms with Crippen LogP contribution in [0.25, 0.3) is 11.3 Å². The summed E-state index contributed by atoms with van der Waals surface area (Å²) in [6.07, 6.45) is 3.85. The van der Waals surface area contributed by atoms with Gasteiger partial charge in [-0.05, 0) is 48.0 Å². The number of hydrogen-bond acceptors (Lipinski definition) is 2. The first kappa shape index (κ1) is 16.5. The third-order valence-electron chi connectivity index (χ3n) is 5.20. The van der Waals surface area contributed by atoms with E-state index in [4.69, 9.17) is 0 Å².